The Morgan fingerprint density at radius 1 is 1.11 bits per heavy atom. The Hall–Kier alpha value is -2.12. The molecule has 0 radical (unpaired) electrons. The molecule has 2 aromatic carbocycles. The second-order valence-electron chi connectivity index (χ2n) is 6.80. The Labute approximate surface area is 169 Å². The lowest BCUT2D eigenvalue weighted by Crippen LogP contribution is -2.42. The van der Waals surface area contributed by atoms with E-state index in [1.54, 1.807) is 18.9 Å². The van der Waals surface area contributed by atoms with Crippen LogP contribution in [0.5, 0.6) is 0 Å². The summed E-state index contributed by atoms with van der Waals surface area (Å²) in [6.07, 6.45) is -0.176. The maximum atomic E-state index is 10.4. The predicted octanol–water partition coefficient (Wildman–Crippen LogP) is 4.21. The van der Waals surface area contributed by atoms with Crippen LogP contribution in [0.2, 0.25) is 0 Å². The van der Waals surface area contributed by atoms with Gasteiger partial charge in [-0.1, -0.05) is 72.4 Å². The van der Waals surface area contributed by atoms with Gasteiger partial charge in [-0.15, -0.1) is 0 Å². The van der Waals surface area contributed by atoms with E-state index in [-0.39, 0.29) is 12.2 Å². The maximum Gasteiger partial charge on any atom is 0.166 e. The molecular formula is C22H24N2O3S. The van der Waals surface area contributed by atoms with E-state index in [1.807, 2.05) is 36.4 Å². The molecule has 3 atom stereocenters. The molecule has 1 aromatic heterocycles. The lowest BCUT2D eigenvalue weighted by atomic mass is 9.99. The standard InChI is InChI=1S/C22H24N2O3S/c1-26-21-17(18(25)12-13-27-21)14-28-22-23-19(15-8-4-2-5-9-15)20(24-22)16-10-6-3-7-11-16/h2-11,17-18,21,25H,12-14H2,1H3,(H,23,24). The molecule has 6 heteroatoms. The number of methoxy groups -OCH3 is 1. The summed E-state index contributed by atoms with van der Waals surface area (Å²) in [4.78, 5) is 8.33. The number of rotatable bonds is 6. The number of ether oxygens (including phenoxy) is 2. The van der Waals surface area contributed by atoms with Gasteiger partial charge in [-0.3, -0.25) is 0 Å². The topological polar surface area (TPSA) is 67.4 Å². The Balaban J connectivity index is 1.60. The van der Waals surface area contributed by atoms with Gasteiger partial charge >= 0.3 is 0 Å². The third-order valence-electron chi connectivity index (χ3n) is 4.98. The Kier molecular flexibility index (Phi) is 6.12. The number of aromatic amines is 1. The Bertz CT molecular complexity index is 828. The number of hydrogen-bond acceptors (Lipinski definition) is 5. The number of imidazole rings is 1. The van der Waals surface area contributed by atoms with Crippen LogP contribution in [0.4, 0.5) is 0 Å². The molecule has 2 N–H and O–H groups in total. The van der Waals surface area contributed by atoms with Gasteiger partial charge in [-0.25, -0.2) is 4.98 Å². The normalized spacial score (nSPS) is 22.3. The first-order valence-corrected chi connectivity index (χ1v) is 10.4. The number of aliphatic hydroxyl groups is 1. The van der Waals surface area contributed by atoms with E-state index in [0.29, 0.717) is 18.8 Å². The van der Waals surface area contributed by atoms with Crippen molar-refractivity contribution in [2.75, 3.05) is 19.5 Å². The second kappa shape index (κ2) is 8.92. The number of thioether (sulfide) groups is 1. The summed E-state index contributed by atoms with van der Waals surface area (Å²) in [7, 11) is 1.62. The smallest absolute Gasteiger partial charge is 0.166 e. The molecule has 0 saturated carbocycles. The van der Waals surface area contributed by atoms with Crippen LogP contribution < -0.4 is 0 Å². The van der Waals surface area contributed by atoms with E-state index in [1.165, 1.54) is 0 Å². The number of nitrogens with one attached hydrogen (secondary N) is 1. The van der Waals surface area contributed by atoms with Crippen LogP contribution in [0.3, 0.4) is 0 Å². The minimum atomic E-state index is -0.427. The van der Waals surface area contributed by atoms with Gasteiger partial charge in [0.25, 0.3) is 0 Å². The third-order valence-corrected chi connectivity index (χ3v) is 5.99. The molecule has 2 heterocycles. The monoisotopic (exact) mass is 396 g/mol. The van der Waals surface area contributed by atoms with Gasteiger partial charge in [0.1, 0.15) is 0 Å². The Morgan fingerprint density at radius 2 is 1.79 bits per heavy atom. The molecule has 0 aliphatic carbocycles. The highest BCUT2D eigenvalue weighted by molar-refractivity contribution is 7.99. The van der Waals surface area contributed by atoms with Crippen LogP contribution in [-0.4, -0.2) is 46.9 Å². The highest BCUT2D eigenvalue weighted by Gasteiger charge is 2.33. The lowest BCUT2D eigenvalue weighted by Gasteiger charge is -2.34. The van der Waals surface area contributed by atoms with Gasteiger partial charge in [0.15, 0.2) is 11.4 Å². The van der Waals surface area contributed by atoms with Crippen molar-refractivity contribution in [3.63, 3.8) is 0 Å². The minimum absolute atomic E-state index is 0.0887. The minimum Gasteiger partial charge on any atom is -0.393 e. The number of hydrogen-bond donors (Lipinski definition) is 2. The fourth-order valence-corrected chi connectivity index (χ4v) is 4.53. The van der Waals surface area contributed by atoms with Crippen molar-refractivity contribution in [2.24, 2.45) is 5.92 Å². The second-order valence-corrected chi connectivity index (χ2v) is 7.81. The largest absolute Gasteiger partial charge is 0.393 e. The van der Waals surface area contributed by atoms with E-state index >= 15 is 0 Å². The van der Waals surface area contributed by atoms with E-state index in [2.05, 4.69) is 29.2 Å². The van der Waals surface area contributed by atoms with Gasteiger partial charge < -0.3 is 19.6 Å². The van der Waals surface area contributed by atoms with Gasteiger partial charge in [0.05, 0.1) is 24.1 Å². The number of aliphatic hydroxyl groups excluding tert-OH is 1. The van der Waals surface area contributed by atoms with E-state index < -0.39 is 6.10 Å². The zero-order valence-electron chi connectivity index (χ0n) is 15.7. The quantitative estimate of drug-likeness (QED) is 0.611. The fourth-order valence-electron chi connectivity index (χ4n) is 3.47. The van der Waals surface area contributed by atoms with Crippen molar-refractivity contribution in [3.05, 3.63) is 60.7 Å². The SMILES string of the molecule is COC1OCCC(O)C1CSc1nc(-c2ccccc2)c(-c2ccccc2)[nH]1. The van der Waals surface area contributed by atoms with Gasteiger partial charge in [0, 0.05) is 29.9 Å². The molecule has 1 aliphatic heterocycles. The highest BCUT2D eigenvalue weighted by atomic mass is 32.2. The number of benzene rings is 2. The first-order chi connectivity index (χ1) is 13.8. The molecule has 0 bridgehead atoms. The molecule has 5 nitrogen and oxygen atoms in total. The van der Waals surface area contributed by atoms with Crippen LogP contribution in [0, 0.1) is 5.92 Å². The molecule has 3 aromatic rings. The van der Waals surface area contributed by atoms with Gasteiger partial charge in [-0.2, -0.15) is 0 Å². The van der Waals surface area contributed by atoms with Crippen LogP contribution in [-0.2, 0) is 9.47 Å². The summed E-state index contributed by atoms with van der Waals surface area (Å²) >= 11 is 1.59. The fraction of sp³-hybridized carbons (Fsp3) is 0.318. The van der Waals surface area contributed by atoms with Crippen LogP contribution >= 0.6 is 11.8 Å². The zero-order valence-corrected chi connectivity index (χ0v) is 16.6. The molecule has 1 saturated heterocycles. The van der Waals surface area contributed by atoms with E-state index in [0.717, 1.165) is 27.7 Å². The summed E-state index contributed by atoms with van der Waals surface area (Å²) in [6, 6.07) is 20.4. The van der Waals surface area contributed by atoms with Crippen molar-refractivity contribution in [3.8, 4) is 22.5 Å². The summed E-state index contributed by atoms with van der Waals surface area (Å²) in [5.74, 6) is 0.574. The molecule has 3 unspecified atom stereocenters. The zero-order chi connectivity index (χ0) is 19.3. The third kappa shape index (κ3) is 4.15. The molecule has 28 heavy (non-hydrogen) atoms. The molecule has 1 aliphatic rings. The molecular weight excluding hydrogens is 372 g/mol. The first kappa shape index (κ1) is 19.2. The summed E-state index contributed by atoms with van der Waals surface area (Å²) in [5, 5.41) is 11.2. The maximum absolute atomic E-state index is 10.4. The number of nitrogens with zero attached hydrogens (tertiary/aromatic N) is 1. The Morgan fingerprint density at radius 3 is 2.46 bits per heavy atom. The first-order valence-electron chi connectivity index (χ1n) is 9.42. The van der Waals surface area contributed by atoms with Crippen molar-refractivity contribution in [1.82, 2.24) is 9.97 Å². The van der Waals surface area contributed by atoms with Crippen LogP contribution in [0.1, 0.15) is 6.42 Å². The summed E-state index contributed by atoms with van der Waals surface area (Å²) < 4.78 is 11.0. The van der Waals surface area contributed by atoms with E-state index in [9.17, 15) is 5.11 Å². The van der Waals surface area contributed by atoms with Crippen molar-refractivity contribution >= 4 is 11.8 Å². The molecule has 1 fully saturated rings. The average Bonchev–Trinajstić information content (AvgIpc) is 3.18. The van der Waals surface area contributed by atoms with Crippen molar-refractivity contribution in [2.45, 2.75) is 24.0 Å². The summed E-state index contributed by atoms with van der Waals surface area (Å²) in [6.45, 7) is 0.526. The average molecular weight is 397 g/mol. The van der Waals surface area contributed by atoms with Crippen molar-refractivity contribution < 1.29 is 14.6 Å². The highest BCUT2D eigenvalue weighted by Crippen LogP contribution is 2.34. The number of H-pyrrole nitrogens is 1. The number of aromatic nitrogens is 2. The van der Waals surface area contributed by atoms with Crippen molar-refractivity contribution in [1.29, 1.82) is 0 Å². The molecule has 146 valence electrons. The van der Waals surface area contributed by atoms with Crippen LogP contribution in [0.15, 0.2) is 65.8 Å². The molecule has 4 rings (SSSR count). The van der Waals surface area contributed by atoms with E-state index in [4.69, 9.17) is 14.5 Å². The lowest BCUT2D eigenvalue weighted by molar-refractivity contribution is -0.201. The van der Waals surface area contributed by atoms with Gasteiger partial charge in [0.2, 0.25) is 0 Å². The van der Waals surface area contributed by atoms with Crippen LogP contribution in [0.25, 0.3) is 22.5 Å². The predicted molar refractivity (Wildman–Crippen MR) is 111 cm³/mol. The summed E-state index contributed by atoms with van der Waals surface area (Å²) in [5.41, 5.74) is 4.09. The van der Waals surface area contributed by atoms with Gasteiger partial charge in [-0.05, 0) is 6.42 Å². The molecule has 0 spiro atoms. The molecule has 0 amide bonds.